The minimum atomic E-state index is -4.03. The third-order valence-electron chi connectivity index (χ3n) is 3.80. The zero-order valence-electron chi connectivity index (χ0n) is 8.30. The van der Waals surface area contributed by atoms with Crippen LogP contribution < -0.4 is 0 Å². The van der Waals surface area contributed by atoms with Crippen molar-refractivity contribution in [2.75, 3.05) is 0 Å². The first-order chi connectivity index (χ1) is 6.87. The molecule has 4 rings (SSSR count). The largest absolute Gasteiger partial charge is 0.394 e. The Hall–Kier alpha value is -1.00. The van der Waals surface area contributed by atoms with E-state index in [1.54, 1.807) is 10.9 Å². The van der Waals surface area contributed by atoms with E-state index in [2.05, 4.69) is 5.10 Å². The highest BCUT2D eigenvalue weighted by molar-refractivity contribution is 5.24. The van der Waals surface area contributed by atoms with Crippen molar-refractivity contribution in [3.63, 3.8) is 0 Å². The van der Waals surface area contributed by atoms with Crippen molar-refractivity contribution in [3.05, 3.63) is 18.0 Å². The molecule has 1 aromatic rings. The van der Waals surface area contributed by atoms with Gasteiger partial charge in [0, 0.05) is 6.20 Å². The molecule has 0 saturated heterocycles. The number of hydrogen-bond donors (Lipinski definition) is 0. The molecule has 0 radical (unpaired) electrons. The Morgan fingerprint density at radius 2 is 1.93 bits per heavy atom. The SMILES string of the molecule is Cc1cnn(C23CC(C(F)(F)F)(C2)C3)c1. The van der Waals surface area contributed by atoms with E-state index in [1.165, 1.54) is 0 Å². The van der Waals surface area contributed by atoms with Gasteiger partial charge in [0.2, 0.25) is 0 Å². The molecule has 15 heavy (non-hydrogen) atoms. The van der Waals surface area contributed by atoms with Crippen LogP contribution in [0.5, 0.6) is 0 Å². The summed E-state index contributed by atoms with van der Waals surface area (Å²) < 4.78 is 39.5. The summed E-state index contributed by atoms with van der Waals surface area (Å²) in [5, 5.41) is 4.11. The number of aromatic nitrogens is 2. The Morgan fingerprint density at radius 1 is 1.33 bits per heavy atom. The topological polar surface area (TPSA) is 17.8 Å². The molecule has 0 amide bonds. The average molecular weight is 216 g/mol. The summed E-state index contributed by atoms with van der Waals surface area (Å²) in [6.07, 6.45) is 0.136. The lowest BCUT2D eigenvalue weighted by Gasteiger charge is -2.69. The van der Waals surface area contributed by atoms with Crippen LogP contribution in [0, 0.1) is 12.3 Å². The Balaban J connectivity index is 1.82. The Kier molecular flexibility index (Phi) is 1.37. The third kappa shape index (κ3) is 0.936. The predicted octanol–water partition coefficient (Wildman–Crippen LogP) is 2.63. The van der Waals surface area contributed by atoms with E-state index < -0.39 is 11.6 Å². The molecule has 3 aliphatic rings. The van der Waals surface area contributed by atoms with Crippen LogP contribution in [0.25, 0.3) is 0 Å². The third-order valence-corrected chi connectivity index (χ3v) is 3.80. The van der Waals surface area contributed by atoms with Gasteiger partial charge in [-0.05, 0) is 31.7 Å². The standard InChI is InChI=1S/C10H11F3N2/c1-7-2-14-15(3-7)9-4-8(5-9,6-9)10(11,12)13/h2-3H,4-6H2,1H3. The highest BCUT2D eigenvalue weighted by Gasteiger charge is 2.79. The molecule has 1 heterocycles. The molecule has 0 spiro atoms. The van der Waals surface area contributed by atoms with Crippen LogP contribution in [0.15, 0.2) is 12.4 Å². The average Bonchev–Trinajstić information content (AvgIpc) is 2.25. The van der Waals surface area contributed by atoms with Gasteiger partial charge in [0.1, 0.15) is 0 Å². The van der Waals surface area contributed by atoms with Crippen LogP contribution >= 0.6 is 0 Å². The summed E-state index contributed by atoms with van der Waals surface area (Å²) >= 11 is 0. The first kappa shape index (κ1) is 9.24. The predicted molar refractivity (Wildman–Crippen MR) is 47.3 cm³/mol. The Morgan fingerprint density at radius 3 is 2.33 bits per heavy atom. The summed E-state index contributed by atoms with van der Waals surface area (Å²) in [7, 11) is 0. The van der Waals surface area contributed by atoms with Crippen molar-refractivity contribution in [2.45, 2.75) is 37.9 Å². The van der Waals surface area contributed by atoms with Crippen LogP contribution in [0.2, 0.25) is 0 Å². The van der Waals surface area contributed by atoms with E-state index >= 15 is 0 Å². The summed E-state index contributed by atoms with van der Waals surface area (Å²) in [6.45, 7) is 1.90. The molecule has 0 aromatic carbocycles. The molecule has 2 bridgehead atoms. The van der Waals surface area contributed by atoms with Gasteiger partial charge in [-0.25, -0.2) is 0 Å². The Labute approximate surface area is 85.1 Å². The van der Waals surface area contributed by atoms with Gasteiger partial charge >= 0.3 is 6.18 Å². The molecule has 1 aromatic heterocycles. The van der Waals surface area contributed by atoms with Crippen molar-refractivity contribution in [1.82, 2.24) is 9.78 Å². The molecule has 0 N–H and O–H groups in total. The Bertz CT molecular complexity index is 399. The number of alkyl halides is 3. The molecule has 3 fully saturated rings. The fourth-order valence-corrected chi connectivity index (χ4v) is 2.95. The number of rotatable bonds is 1. The monoisotopic (exact) mass is 216 g/mol. The van der Waals surface area contributed by atoms with E-state index in [9.17, 15) is 13.2 Å². The molecule has 0 unspecified atom stereocenters. The zero-order chi connectivity index (χ0) is 10.9. The lowest BCUT2D eigenvalue weighted by atomic mass is 9.39. The second-order valence-corrected chi connectivity index (χ2v) is 5.00. The summed E-state index contributed by atoms with van der Waals surface area (Å²) in [5.41, 5.74) is -0.697. The molecule has 0 atom stereocenters. The van der Waals surface area contributed by atoms with Crippen LogP contribution in [0.3, 0.4) is 0 Å². The van der Waals surface area contributed by atoms with Gasteiger partial charge in [-0.3, -0.25) is 4.68 Å². The van der Waals surface area contributed by atoms with Crippen molar-refractivity contribution >= 4 is 0 Å². The van der Waals surface area contributed by atoms with Gasteiger partial charge in [0.15, 0.2) is 0 Å². The molecule has 3 aliphatic carbocycles. The highest BCUT2D eigenvalue weighted by atomic mass is 19.4. The quantitative estimate of drug-likeness (QED) is 0.705. The van der Waals surface area contributed by atoms with Crippen LogP contribution in [-0.4, -0.2) is 16.0 Å². The molecular weight excluding hydrogens is 205 g/mol. The van der Waals surface area contributed by atoms with Crippen LogP contribution in [0.1, 0.15) is 24.8 Å². The first-order valence-electron chi connectivity index (χ1n) is 4.96. The smallest absolute Gasteiger partial charge is 0.266 e. The molecular formula is C10H11F3N2. The molecule has 0 aliphatic heterocycles. The first-order valence-corrected chi connectivity index (χ1v) is 4.96. The second kappa shape index (κ2) is 2.23. The van der Waals surface area contributed by atoms with Crippen molar-refractivity contribution < 1.29 is 13.2 Å². The lowest BCUT2D eigenvalue weighted by molar-refractivity contribution is -0.356. The zero-order valence-corrected chi connectivity index (χ0v) is 8.30. The van der Waals surface area contributed by atoms with E-state index in [0.29, 0.717) is 0 Å². The van der Waals surface area contributed by atoms with Gasteiger partial charge in [-0.1, -0.05) is 0 Å². The van der Waals surface area contributed by atoms with E-state index in [4.69, 9.17) is 0 Å². The number of aryl methyl sites for hydroxylation is 1. The summed E-state index contributed by atoms with van der Waals surface area (Å²) in [5.74, 6) is 0. The molecule has 3 saturated carbocycles. The van der Waals surface area contributed by atoms with E-state index in [1.807, 2.05) is 13.1 Å². The number of nitrogens with zero attached hydrogens (tertiary/aromatic N) is 2. The van der Waals surface area contributed by atoms with Crippen LogP contribution in [-0.2, 0) is 5.54 Å². The van der Waals surface area contributed by atoms with E-state index in [0.717, 1.165) is 5.56 Å². The van der Waals surface area contributed by atoms with E-state index in [-0.39, 0.29) is 24.8 Å². The summed E-state index contributed by atoms with van der Waals surface area (Å²) in [6, 6.07) is 0. The fraction of sp³-hybridized carbons (Fsp3) is 0.700. The second-order valence-electron chi connectivity index (χ2n) is 5.00. The molecule has 5 heteroatoms. The molecule has 2 nitrogen and oxygen atoms in total. The number of halogens is 3. The van der Waals surface area contributed by atoms with Gasteiger partial charge in [0.05, 0.1) is 17.2 Å². The van der Waals surface area contributed by atoms with Crippen LogP contribution in [0.4, 0.5) is 13.2 Å². The lowest BCUT2D eigenvalue weighted by Crippen LogP contribution is -2.72. The normalized spacial score (nSPS) is 38.4. The summed E-state index contributed by atoms with van der Waals surface area (Å²) in [4.78, 5) is 0. The minimum absolute atomic E-state index is 0.213. The molecule has 82 valence electrons. The van der Waals surface area contributed by atoms with Crippen molar-refractivity contribution in [3.8, 4) is 0 Å². The van der Waals surface area contributed by atoms with Crippen molar-refractivity contribution in [2.24, 2.45) is 5.41 Å². The number of hydrogen-bond acceptors (Lipinski definition) is 1. The maximum atomic E-state index is 12.6. The van der Waals surface area contributed by atoms with Gasteiger partial charge in [0.25, 0.3) is 0 Å². The van der Waals surface area contributed by atoms with Gasteiger partial charge in [-0.2, -0.15) is 18.3 Å². The van der Waals surface area contributed by atoms with Gasteiger partial charge < -0.3 is 0 Å². The minimum Gasteiger partial charge on any atom is -0.266 e. The van der Waals surface area contributed by atoms with Crippen molar-refractivity contribution in [1.29, 1.82) is 0 Å². The fourth-order valence-electron chi connectivity index (χ4n) is 2.95. The van der Waals surface area contributed by atoms with Gasteiger partial charge in [-0.15, -0.1) is 0 Å². The maximum Gasteiger partial charge on any atom is 0.394 e. The highest BCUT2D eigenvalue weighted by Crippen LogP contribution is 2.76. The maximum absolute atomic E-state index is 12.6.